The summed E-state index contributed by atoms with van der Waals surface area (Å²) >= 11 is 0. The van der Waals surface area contributed by atoms with Crippen molar-refractivity contribution in [3.63, 3.8) is 0 Å². The highest BCUT2D eigenvalue weighted by Gasteiger charge is 2.33. The van der Waals surface area contributed by atoms with E-state index in [0.717, 1.165) is 7.11 Å². The van der Waals surface area contributed by atoms with Crippen molar-refractivity contribution in [3.8, 4) is 5.75 Å². The molecule has 0 aliphatic rings. The number of nitrogens with zero attached hydrogens (tertiary/aromatic N) is 1. The largest absolute Gasteiger partial charge is 0.573 e. The van der Waals surface area contributed by atoms with Crippen molar-refractivity contribution in [1.82, 2.24) is 4.98 Å². The summed E-state index contributed by atoms with van der Waals surface area (Å²) in [6.45, 7) is -0.593. The van der Waals surface area contributed by atoms with Gasteiger partial charge in [0.05, 0.1) is 13.3 Å². The predicted octanol–water partition coefficient (Wildman–Crippen LogP) is 1.36. The normalized spacial score (nSPS) is 11.2. The first kappa shape index (κ1) is 14.2. The van der Waals surface area contributed by atoms with Gasteiger partial charge in [0, 0.05) is 12.1 Å². The topological polar surface area (TPSA) is 74.4 Å². The van der Waals surface area contributed by atoms with Gasteiger partial charge in [0.25, 0.3) is 0 Å². The van der Waals surface area contributed by atoms with Crippen molar-refractivity contribution < 1.29 is 31.8 Å². The fourth-order valence-corrected chi connectivity index (χ4v) is 1.15. The summed E-state index contributed by atoms with van der Waals surface area (Å²) in [5, 5.41) is 0. The van der Waals surface area contributed by atoms with Gasteiger partial charge in [0.15, 0.2) is 17.3 Å². The smallest absolute Gasteiger partial charge is 0.464 e. The number of nitrogens with two attached hydrogens (primary N) is 1. The number of hydrogen-bond acceptors (Lipinski definition) is 5. The minimum absolute atomic E-state index is 0.561. The van der Waals surface area contributed by atoms with Crippen molar-refractivity contribution >= 4 is 5.97 Å². The van der Waals surface area contributed by atoms with Gasteiger partial charge in [-0.3, -0.25) is 0 Å². The first-order valence-corrected chi connectivity index (χ1v) is 4.51. The number of carbonyl (C=O) groups excluding carboxylic acids is 1. The van der Waals surface area contributed by atoms with Crippen molar-refractivity contribution in [3.05, 3.63) is 23.3 Å². The van der Waals surface area contributed by atoms with Crippen molar-refractivity contribution in [1.29, 1.82) is 0 Å². The third-order valence-electron chi connectivity index (χ3n) is 1.89. The number of aromatic nitrogens is 1. The van der Waals surface area contributed by atoms with Crippen LogP contribution in [-0.2, 0) is 11.3 Å². The summed E-state index contributed by atoms with van der Waals surface area (Å²) in [4.78, 5) is 14.3. The lowest BCUT2D eigenvalue weighted by atomic mass is 10.2. The Hall–Kier alpha value is -1.90. The number of esters is 1. The molecule has 0 amide bonds. The average molecular weight is 268 g/mol. The second-order valence-electron chi connectivity index (χ2n) is 3.01. The number of rotatable bonds is 3. The average Bonchev–Trinajstić information content (AvgIpc) is 2.26. The summed E-state index contributed by atoms with van der Waals surface area (Å²) < 4.78 is 57.4. The zero-order valence-electron chi connectivity index (χ0n) is 9.05. The molecular formula is C9H8F4N2O3. The summed E-state index contributed by atoms with van der Waals surface area (Å²) in [6, 6.07) is 0. The maximum Gasteiger partial charge on any atom is 0.573 e. The molecule has 0 fully saturated rings. The lowest BCUT2D eigenvalue weighted by molar-refractivity contribution is -0.275. The van der Waals surface area contributed by atoms with Crippen LogP contribution >= 0.6 is 0 Å². The second kappa shape index (κ2) is 5.17. The highest BCUT2D eigenvalue weighted by Crippen LogP contribution is 2.28. The maximum atomic E-state index is 13.7. The number of ether oxygens (including phenoxy) is 2. The van der Waals surface area contributed by atoms with Gasteiger partial charge < -0.3 is 15.2 Å². The maximum absolute atomic E-state index is 13.7. The SMILES string of the molecule is COC(=O)c1ncc(OC(F)(F)F)c(CN)c1F. The molecule has 1 aromatic heterocycles. The molecule has 0 atom stereocenters. The Bertz CT molecular complexity index is 462. The van der Waals surface area contributed by atoms with Gasteiger partial charge in [-0.25, -0.2) is 14.2 Å². The van der Waals surface area contributed by atoms with E-state index in [0.29, 0.717) is 6.20 Å². The minimum Gasteiger partial charge on any atom is -0.464 e. The van der Waals surface area contributed by atoms with E-state index < -0.39 is 41.7 Å². The molecule has 1 heterocycles. The molecule has 18 heavy (non-hydrogen) atoms. The Morgan fingerprint density at radius 2 is 2.11 bits per heavy atom. The zero-order valence-corrected chi connectivity index (χ0v) is 9.05. The fourth-order valence-electron chi connectivity index (χ4n) is 1.15. The third kappa shape index (κ3) is 3.06. The number of hydrogen-bond donors (Lipinski definition) is 1. The van der Waals surface area contributed by atoms with Crippen LogP contribution in [0.2, 0.25) is 0 Å². The van der Waals surface area contributed by atoms with E-state index in [9.17, 15) is 22.4 Å². The van der Waals surface area contributed by atoms with Crippen molar-refractivity contribution in [2.24, 2.45) is 5.73 Å². The number of pyridine rings is 1. The van der Waals surface area contributed by atoms with Crippen LogP contribution in [0.3, 0.4) is 0 Å². The molecule has 100 valence electrons. The van der Waals surface area contributed by atoms with Crippen LogP contribution in [0.15, 0.2) is 6.20 Å². The highest BCUT2D eigenvalue weighted by molar-refractivity contribution is 5.87. The number of methoxy groups -OCH3 is 1. The third-order valence-corrected chi connectivity index (χ3v) is 1.89. The van der Waals surface area contributed by atoms with E-state index in [1.54, 1.807) is 0 Å². The molecule has 0 aliphatic heterocycles. The molecule has 0 radical (unpaired) electrons. The van der Waals surface area contributed by atoms with Crippen LogP contribution in [0.5, 0.6) is 5.75 Å². The molecule has 2 N–H and O–H groups in total. The Morgan fingerprint density at radius 3 is 2.56 bits per heavy atom. The first-order valence-electron chi connectivity index (χ1n) is 4.51. The molecule has 1 aromatic rings. The van der Waals surface area contributed by atoms with Crippen LogP contribution in [0.25, 0.3) is 0 Å². The van der Waals surface area contributed by atoms with E-state index in [1.807, 2.05) is 0 Å². The quantitative estimate of drug-likeness (QED) is 0.662. The summed E-state index contributed by atoms with van der Waals surface area (Å²) in [5.41, 5.74) is 3.75. The van der Waals surface area contributed by atoms with Gasteiger partial charge >= 0.3 is 12.3 Å². The number of alkyl halides is 3. The lowest BCUT2D eigenvalue weighted by Gasteiger charge is -2.13. The van der Waals surface area contributed by atoms with Gasteiger partial charge in [-0.1, -0.05) is 0 Å². The summed E-state index contributed by atoms with van der Waals surface area (Å²) in [5.74, 6) is -3.32. The van der Waals surface area contributed by atoms with Crippen LogP contribution < -0.4 is 10.5 Å². The van der Waals surface area contributed by atoms with Crippen LogP contribution in [-0.4, -0.2) is 24.4 Å². The molecule has 5 nitrogen and oxygen atoms in total. The predicted molar refractivity (Wildman–Crippen MR) is 50.1 cm³/mol. The molecule has 0 unspecified atom stereocenters. The Balaban J connectivity index is 3.25. The Morgan fingerprint density at radius 1 is 1.50 bits per heavy atom. The Kier molecular flexibility index (Phi) is 4.07. The van der Waals surface area contributed by atoms with Crippen LogP contribution in [0.1, 0.15) is 16.1 Å². The van der Waals surface area contributed by atoms with Gasteiger partial charge in [-0.2, -0.15) is 0 Å². The van der Waals surface area contributed by atoms with Gasteiger partial charge in [0.2, 0.25) is 0 Å². The van der Waals surface area contributed by atoms with Gasteiger partial charge in [-0.05, 0) is 0 Å². The summed E-state index contributed by atoms with van der Waals surface area (Å²) in [7, 11) is 0.978. The van der Waals surface area contributed by atoms with E-state index in [4.69, 9.17) is 5.73 Å². The molecule has 0 bridgehead atoms. The minimum atomic E-state index is -5.01. The lowest BCUT2D eigenvalue weighted by Crippen LogP contribution is -2.21. The van der Waals surface area contributed by atoms with E-state index in [2.05, 4.69) is 14.5 Å². The fraction of sp³-hybridized carbons (Fsp3) is 0.333. The molecule has 0 spiro atoms. The molecule has 0 saturated heterocycles. The second-order valence-corrected chi connectivity index (χ2v) is 3.01. The number of halogens is 4. The van der Waals surface area contributed by atoms with Crippen molar-refractivity contribution in [2.45, 2.75) is 12.9 Å². The van der Waals surface area contributed by atoms with Crippen LogP contribution in [0.4, 0.5) is 17.6 Å². The van der Waals surface area contributed by atoms with Gasteiger partial charge in [-0.15, -0.1) is 13.2 Å². The molecule has 0 saturated carbocycles. The van der Waals surface area contributed by atoms with Gasteiger partial charge in [0.1, 0.15) is 0 Å². The van der Waals surface area contributed by atoms with E-state index >= 15 is 0 Å². The van der Waals surface area contributed by atoms with E-state index in [1.165, 1.54) is 0 Å². The number of carbonyl (C=O) groups is 1. The molecule has 9 heteroatoms. The van der Waals surface area contributed by atoms with Crippen molar-refractivity contribution in [2.75, 3.05) is 7.11 Å². The van der Waals surface area contributed by atoms with E-state index in [-0.39, 0.29) is 0 Å². The Labute approximate surface area is 98.5 Å². The molecule has 1 rings (SSSR count). The molecule has 0 aromatic carbocycles. The van der Waals surface area contributed by atoms with Crippen LogP contribution in [0, 0.1) is 5.82 Å². The first-order chi connectivity index (χ1) is 8.30. The zero-order chi connectivity index (χ0) is 13.9. The summed E-state index contributed by atoms with van der Waals surface area (Å²) in [6.07, 6.45) is -4.45. The monoisotopic (exact) mass is 268 g/mol. The standard InChI is InChI=1S/C9H8F4N2O3/c1-17-8(16)7-6(10)4(2-14)5(3-15-7)18-9(11,12)13/h3H,2,14H2,1H3. The molecular weight excluding hydrogens is 260 g/mol. The highest BCUT2D eigenvalue weighted by atomic mass is 19.4. The molecule has 0 aliphatic carbocycles.